The second-order valence-electron chi connectivity index (χ2n) is 7.71. The monoisotopic (exact) mass is 357 g/mol. The van der Waals surface area contributed by atoms with Crippen molar-refractivity contribution in [3.05, 3.63) is 35.4 Å². The van der Waals surface area contributed by atoms with Crippen molar-refractivity contribution >= 4 is 17.7 Å². The van der Waals surface area contributed by atoms with Crippen LogP contribution in [0, 0.1) is 12.3 Å². The number of benzene rings is 1. The van der Waals surface area contributed by atoms with Gasteiger partial charge in [0.05, 0.1) is 6.54 Å². The molecule has 1 spiro atoms. The Labute approximate surface area is 154 Å². The molecule has 0 saturated carbocycles. The van der Waals surface area contributed by atoms with Crippen LogP contribution < -0.4 is 5.32 Å². The second kappa shape index (κ2) is 7.48. The lowest BCUT2D eigenvalue weighted by Crippen LogP contribution is -2.47. The maximum atomic E-state index is 12.5. The van der Waals surface area contributed by atoms with Crippen LogP contribution in [0.2, 0.25) is 0 Å². The summed E-state index contributed by atoms with van der Waals surface area (Å²) < 4.78 is 0. The van der Waals surface area contributed by atoms with Crippen LogP contribution in [0.4, 0.5) is 0 Å². The number of amides is 3. The highest BCUT2D eigenvalue weighted by Crippen LogP contribution is 2.41. The minimum absolute atomic E-state index is 0.00824. The molecule has 0 bridgehead atoms. The standard InChI is InChI=1S/C20H27N3O3/c1-15-4-3-5-17(10-15)13-23-14-20(11-18(23)25)6-8-22(9-7-20)19(26)12-21-16(2)24/h3-5,10H,6-9,11-14H2,1-2H3,(H,21,24). The average Bonchev–Trinajstić information content (AvgIpc) is 2.88. The van der Waals surface area contributed by atoms with Crippen LogP contribution in [0.15, 0.2) is 24.3 Å². The van der Waals surface area contributed by atoms with Crippen molar-refractivity contribution < 1.29 is 14.4 Å². The van der Waals surface area contributed by atoms with Gasteiger partial charge in [0.1, 0.15) is 0 Å². The van der Waals surface area contributed by atoms with E-state index in [1.54, 1.807) is 4.90 Å². The SMILES string of the molecule is CC(=O)NCC(=O)N1CCC2(CC1)CC(=O)N(Cc1cccc(C)c1)C2. The van der Waals surface area contributed by atoms with Crippen molar-refractivity contribution in [1.29, 1.82) is 0 Å². The van der Waals surface area contributed by atoms with Crippen molar-refractivity contribution in [3.63, 3.8) is 0 Å². The molecule has 140 valence electrons. The van der Waals surface area contributed by atoms with E-state index in [0.29, 0.717) is 26.1 Å². The Bertz CT molecular complexity index is 708. The summed E-state index contributed by atoms with van der Waals surface area (Å²) in [7, 11) is 0. The predicted octanol–water partition coefficient (Wildman–Crippen LogP) is 1.47. The van der Waals surface area contributed by atoms with Crippen molar-refractivity contribution in [2.45, 2.75) is 39.7 Å². The largest absolute Gasteiger partial charge is 0.347 e. The van der Waals surface area contributed by atoms with Crippen molar-refractivity contribution in [2.75, 3.05) is 26.2 Å². The van der Waals surface area contributed by atoms with Gasteiger partial charge < -0.3 is 15.1 Å². The number of likely N-dealkylation sites (tertiary alicyclic amines) is 2. The van der Waals surface area contributed by atoms with E-state index < -0.39 is 0 Å². The van der Waals surface area contributed by atoms with E-state index in [9.17, 15) is 14.4 Å². The van der Waals surface area contributed by atoms with Gasteiger partial charge in [-0.3, -0.25) is 14.4 Å². The Morgan fingerprint density at radius 3 is 2.62 bits per heavy atom. The van der Waals surface area contributed by atoms with Crippen LogP contribution in [-0.2, 0) is 20.9 Å². The van der Waals surface area contributed by atoms with E-state index in [1.807, 2.05) is 11.0 Å². The number of hydrogen-bond donors (Lipinski definition) is 1. The average molecular weight is 357 g/mol. The highest BCUT2D eigenvalue weighted by Gasteiger charge is 2.45. The molecule has 1 N–H and O–H groups in total. The first kappa shape index (κ1) is 18.4. The fourth-order valence-corrected chi connectivity index (χ4v) is 4.03. The fraction of sp³-hybridized carbons (Fsp3) is 0.550. The van der Waals surface area contributed by atoms with Gasteiger partial charge in [-0.1, -0.05) is 29.8 Å². The van der Waals surface area contributed by atoms with E-state index in [-0.39, 0.29) is 29.7 Å². The molecule has 1 aromatic carbocycles. The number of aryl methyl sites for hydroxylation is 1. The molecule has 2 heterocycles. The molecule has 0 unspecified atom stereocenters. The van der Waals surface area contributed by atoms with Crippen LogP contribution in [0.3, 0.4) is 0 Å². The Morgan fingerprint density at radius 2 is 1.96 bits per heavy atom. The first-order valence-corrected chi connectivity index (χ1v) is 9.22. The quantitative estimate of drug-likeness (QED) is 0.887. The Kier molecular flexibility index (Phi) is 5.30. The normalized spacial score (nSPS) is 19.1. The zero-order chi connectivity index (χ0) is 18.7. The molecule has 26 heavy (non-hydrogen) atoms. The topological polar surface area (TPSA) is 69.7 Å². The fourth-order valence-electron chi connectivity index (χ4n) is 4.03. The molecule has 3 amide bonds. The third kappa shape index (κ3) is 4.23. The van der Waals surface area contributed by atoms with E-state index in [0.717, 1.165) is 19.4 Å². The third-order valence-electron chi connectivity index (χ3n) is 5.53. The molecular weight excluding hydrogens is 330 g/mol. The predicted molar refractivity (Wildman–Crippen MR) is 98.1 cm³/mol. The molecule has 0 aliphatic carbocycles. The van der Waals surface area contributed by atoms with Crippen LogP contribution in [0.5, 0.6) is 0 Å². The van der Waals surface area contributed by atoms with Gasteiger partial charge in [-0.25, -0.2) is 0 Å². The van der Waals surface area contributed by atoms with Crippen molar-refractivity contribution in [2.24, 2.45) is 5.41 Å². The summed E-state index contributed by atoms with van der Waals surface area (Å²) in [6.45, 7) is 6.27. The van der Waals surface area contributed by atoms with Gasteiger partial charge in [0, 0.05) is 44.9 Å². The van der Waals surface area contributed by atoms with Gasteiger partial charge in [-0.2, -0.15) is 0 Å². The highest BCUT2D eigenvalue weighted by atomic mass is 16.2. The first-order chi connectivity index (χ1) is 12.4. The molecule has 1 aromatic rings. The number of carbonyl (C=O) groups excluding carboxylic acids is 3. The zero-order valence-electron chi connectivity index (χ0n) is 15.6. The van der Waals surface area contributed by atoms with Crippen LogP contribution in [-0.4, -0.2) is 53.7 Å². The summed E-state index contributed by atoms with van der Waals surface area (Å²) in [5, 5.41) is 2.56. The number of piperidine rings is 1. The van der Waals surface area contributed by atoms with E-state index >= 15 is 0 Å². The maximum absolute atomic E-state index is 12.5. The highest BCUT2D eigenvalue weighted by molar-refractivity contribution is 5.84. The lowest BCUT2D eigenvalue weighted by Gasteiger charge is -2.38. The third-order valence-corrected chi connectivity index (χ3v) is 5.53. The summed E-state index contributed by atoms with van der Waals surface area (Å²) in [6, 6.07) is 8.28. The van der Waals surface area contributed by atoms with Crippen LogP contribution in [0.25, 0.3) is 0 Å². The number of carbonyl (C=O) groups is 3. The second-order valence-corrected chi connectivity index (χ2v) is 7.71. The molecule has 6 heteroatoms. The summed E-state index contributed by atoms with van der Waals surface area (Å²) >= 11 is 0. The molecule has 0 aromatic heterocycles. The molecule has 0 radical (unpaired) electrons. The summed E-state index contributed by atoms with van der Waals surface area (Å²) in [5.74, 6) is -0.0273. The van der Waals surface area contributed by atoms with Gasteiger partial charge in [-0.15, -0.1) is 0 Å². The molecular formula is C20H27N3O3. The van der Waals surface area contributed by atoms with Crippen LogP contribution >= 0.6 is 0 Å². The molecule has 2 aliphatic rings. The first-order valence-electron chi connectivity index (χ1n) is 9.22. The number of hydrogen-bond acceptors (Lipinski definition) is 3. The number of nitrogens with zero attached hydrogens (tertiary/aromatic N) is 2. The van der Waals surface area contributed by atoms with E-state index in [1.165, 1.54) is 18.1 Å². The molecule has 0 atom stereocenters. The van der Waals surface area contributed by atoms with E-state index in [2.05, 4.69) is 30.4 Å². The Hall–Kier alpha value is -2.37. The Balaban J connectivity index is 1.55. The minimum atomic E-state index is -0.194. The lowest BCUT2D eigenvalue weighted by molar-refractivity contribution is -0.134. The molecule has 2 fully saturated rings. The van der Waals surface area contributed by atoms with Crippen LogP contribution in [0.1, 0.15) is 37.3 Å². The van der Waals surface area contributed by atoms with Crippen molar-refractivity contribution in [3.8, 4) is 0 Å². The summed E-state index contributed by atoms with van der Waals surface area (Å²) in [5.41, 5.74) is 2.36. The molecule has 6 nitrogen and oxygen atoms in total. The zero-order valence-corrected chi connectivity index (χ0v) is 15.6. The Morgan fingerprint density at radius 1 is 1.23 bits per heavy atom. The van der Waals surface area contributed by atoms with Gasteiger partial charge in [0.15, 0.2) is 0 Å². The molecule has 3 rings (SSSR count). The molecule has 2 saturated heterocycles. The van der Waals surface area contributed by atoms with Crippen molar-refractivity contribution in [1.82, 2.24) is 15.1 Å². The number of nitrogens with one attached hydrogen (secondary N) is 1. The summed E-state index contributed by atoms with van der Waals surface area (Å²) in [6.07, 6.45) is 2.26. The lowest BCUT2D eigenvalue weighted by atomic mass is 9.77. The van der Waals surface area contributed by atoms with Gasteiger partial charge in [0.25, 0.3) is 0 Å². The minimum Gasteiger partial charge on any atom is -0.347 e. The smallest absolute Gasteiger partial charge is 0.241 e. The van der Waals surface area contributed by atoms with Gasteiger partial charge in [0.2, 0.25) is 17.7 Å². The summed E-state index contributed by atoms with van der Waals surface area (Å²) in [4.78, 5) is 39.4. The molecule has 2 aliphatic heterocycles. The maximum Gasteiger partial charge on any atom is 0.241 e. The number of rotatable bonds is 4. The van der Waals surface area contributed by atoms with E-state index in [4.69, 9.17) is 0 Å². The van der Waals surface area contributed by atoms with Gasteiger partial charge >= 0.3 is 0 Å². The van der Waals surface area contributed by atoms with Gasteiger partial charge in [-0.05, 0) is 25.3 Å².